The lowest BCUT2D eigenvalue weighted by Crippen LogP contribution is -2.02. The summed E-state index contributed by atoms with van der Waals surface area (Å²) in [6.07, 6.45) is 0.361. The Bertz CT molecular complexity index is 810. The van der Waals surface area contributed by atoms with Gasteiger partial charge in [0.2, 0.25) is 5.78 Å². The van der Waals surface area contributed by atoms with E-state index in [1.54, 1.807) is 0 Å². The molecule has 0 aliphatic heterocycles. The normalized spacial score (nSPS) is 11.0. The molecule has 106 valence electrons. The predicted molar refractivity (Wildman–Crippen MR) is 87.9 cm³/mol. The molecule has 3 aromatic rings. The molecule has 0 saturated carbocycles. The number of aryl methyl sites for hydroxylation is 2. The number of para-hydroxylation sites is 1. The van der Waals surface area contributed by atoms with E-state index in [-0.39, 0.29) is 5.78 Å². The topological polar surface area (TPSA) is 30.2 Å². The molecule has 2 aromatic carbocycles. The van der Waals surface area contributed by atoms with Crippen LogP contribution < -0.4 is 0 Å². The molecule has 0 saturated heterocycles. The van der Waals surface area contributed by atoms with E-state index in [9.17, 15) is 4.79 Å². The molecule has 0 spiro atoms. The molecule has 0 bridgehead atoms. The van der Waals surface area contributed by atoms with Gasteiger partial charge < -0.3 is 4.42 Å². The zero-order valence-corrected chi connectivity index (χ0v) is 13.5. The van der Waals surface area contributed by atoms with E-state index in [0.29, 0.717) is 12.2 Å². The summed E-state index contributed by atoms with van der Waals surface area (Å²) in [6, 6.07) is 13.8. The summed E-state index contributed by atoms with van der Waals surface area (Å²) in [6.45, 7) is 4.08. The van der Waals surface area contributed by atoms with E-state index in [1.165, 1.54) is 11.1 Å². The van der Waals surface area contributed by atoms with Crippen LogP contribution in [0.4, 0.5) is 0 Å². The van der Waals surface area contributed by atoms with Gasteiger partial charge in [-0.25, -0.2) is 0 Å². The van der Waals surface area contributed by atoms with Crippen LogP contribution in [-0.2, 0) is 6.42 Å². The van der Waals surface area contributed by atoms with Gasteiger partial charge in [-0.2, -0.15) is 0 Å². The van der Waals surface area contributed by atoms with Gasteiger partial charge in [0.05, 0.1) is 4.47 Å². The van der Waals surface area contributed by atoms with Crippen LogP contribution in [0.1, 0.15) is 27.2 Å². The molecule has 0 unspecified atom stereocenters. The molecule has 0 fully saturated rings. The van der Waals surface area contributed by atoms with Crippen molar-refractivity contribution in [3.63, 3.8) is 0 Å². The van der Waals surface area contributed by atoms with Crippen molar-refractivity contribution in [3.8, 4) is 0 Å². The van der Waals surface area contributed by atoms with E-state index >= 15 is 0 Å². The molecule has 0 aliphatic rings. The number of ketones is 1. The minimum atomic E-state index is 0.00287. The lowest BCUT2D eigenvalue weighted by Gasteiger charge is -2.03. The third-order valence-electron chi connectivity index (χ3n) is 3.42. The summed E-state index contributed by atoms with van der Waals surface area (Å²) in [5, 5.41) is 0.938. The predicted octanol–water partition coefficient (Wildman–Crippen LogP) is 5.24. The minimum absolute atomic E-state index is 0.00287. The number of rotatable bonds is 3. The highest BCUT2D eigenvalue weighted by Crippen LogP contribution is 2.27. The number of carbonyl (C=O) groups excluding carboxylic acids is 1. The molecule has 2 nitrogen and oxygen atoms in total. The highest BCUT2D eigenvalue weighted by molar-refractivity contribution is 9.10. The van der Waals surface area contributed by atoms with Crippen molar-refractivity contribution in [1.82, 2.24) is 0 Å². The Hall–Kier alpha value is -1.87. The van der Waals surface area contributed by atoms with Crippen molar-refractivity contribution >= 4 is 32.7 Å². The Morgan fingerprint density at radius 1 is 1.10 bits per heavy atom. The van der Waals surface area contributed by atoms with Crippen LogP contribution in [0.2, 0.25) is 0 Å². The van der Waals surface area contributed by atoms with Gasteiger partial charge in [-0.3, -0.25) is 4.79 Å². The third kappa shape index (κ3) is 2.93. The van der Waals surface area contributed by atoms with Crippen molar-refractivity contribution in [2.75, 3.05) is 0 Å². The molecule has 0 radical (unpaired) electrons. The molecule has 0 N–H and O–H groups in total. The van der Waals surface area contributed by atoms with Crippen LogP contribution in [0, 0.1) is 13.8 Å². The van der Waals surface area contributed by atoms with Crippen LogP contribution in [0.25, 0.3) is 11.0 Å². The van der Waals surface area contributed by atoms with Gasteiger partial charge >= 0.3 is 0 Å². The number of fused-ring (bicyclic) bond motifs is 1. The highest BCUT2D eigenvalue weighted by Gasteiger charge is 2.14. The fourth-order valence-corrected chi connectivity index (χ4v) is 3.07. The number of hydrogen-bond donors (Lipinski definition) is 0. The number of Topliss-reactive ketones (excluding diaryl/α,β-unsaturated/α-hetero) is 1. The van der Waals surface area contributed by atoms with Crippen LogP contribution in [-0.4, -0.2) is 5.78 Å². The van der Waals surface area contributed by atoms with Crippen molar-refractivity contribution < 1.29 is 9.21 Å². The first kappa shape index (κ1) is 14.1. The minimum Gasteiger partial charge on any atom is -0.452 e. The summed E-state index contributed by atoms with van der Waals surface area (Å²) >= 11 is 3.44. The summed E-state index contributed by atoms with van der Waals surface area (Å²) in [7, 11) is 0. The van der Waals surface area contributed by atoms with Crippen LogP contribution in [0.3, 0.4) is 0 Å². The van der Waals surface area contributed by atoms with Crippen molar-refractivity contribution in [3.05, 3.63) is 69.4 Å². The molecular weight excluding hydrogens is 328 g/mol. The monoisotopic (exact) mass is 342 g/mol. The average Bonchev–Trinajstić information content (AvgIpc) is 2.83. The zero-order valence-electron chi connectivity index (χ0n) is 11.9. The average molecular weight is 343 g/mol. The maximum atomic E-state index is 12.4. The second kappa shape index (κ2) is 5.49. The number of hydrogen-bond acceptors (Lipinski definition) is 2. The van der Waals surface area contributed by atoms with Gasteiger partial charge in [-0.05, 0) is 47.5 Å². The lowest BCUT2D eigenvalue weighted by atomic mass is 10.0. The second-order valence-corrected chi connectivity index (χ2v) is 6.22. The Balaban J connectivity index is 1.91. The van der Waals surface area contributed by atoms with Crippen LogP contribution in [0.15, 0.2) is 51.4 Å². The molecule has 0 aliphatic carbocycles. The molecular formula is C18H15BrO2. The van der Waals surface area contributed by atoms with Gasteiger partial charge in [0.1, 0.15) is 5.58 Å². The second-order valence-electron chi connectivity index (χ2n) is 5.36. The van der Waals surface area contributed by atoms with Gasteiger partial charge in [-0.15, -0.1) is 0 Å². The maximum absolute atomic E-state index is 12.4. The zero-order chi connectivity index (χ0) is 15.0. The smallest absolute Gasteiger partial charge is 0.202 e. The van der Waals surface area contributed by atoms with E-state index in [2.05, 4.69) is 22.0 Å². The van der Waals surface area contributed by atoms with Gasteiger partial charge in [0.25, 0.3) is 0 Å². The molecule has 21 heavy (non-hydrogen) atoms. The van der Waals surface area contributed by atoms with Gasteiger partial charge in [0, 0.05) is 11.8 Å². The van der Waals surface area contributed by atoms with E-state index in [0.717, 1.165) is 21.0 Å². The lowest BCUT2D eigenvalue weighted by molar-refractivity contribution is 0.0968. The Morgan fingerprint density at radius 2 is 1.81 bits per heavy atom. The van der Waals surface area contributed by atoms with Crippen molar-refractivity contribution in [1.29, 1.82) is 0 Å². The fourth-order valence-electron chi connectivity index (χ4n) is 2.61. The Morgan fingerprint density at radius 3 is 2.48 bits per heavy atom. The van der Waals surface area contributed by atoms with E-state index in [1.807, 2.05) is 50.2 Å². The molecule has 0 amide bonds. The van der Waals surface area contributed by atoms with Gasteiger partial charge in [-0.1, -0.05) is 41.5 Å². The SMILES string of the molecule is Cc1cc(C)cc(CC(=O)c2cc3cccc(Br)c3o2)c1. The van der Waals surface area contributed by atoms with Crippen LogP contribution >= 0.6 is 15.9 Å². The van der Waals surface area contributed by atoms with E-state index < -0.39 is 0 Å². The third-order valence-corrected chi connectivity index (χ3v) is 4.04. The number of benzene rings is 2. The molecule has 3 rings (SSSR count). The highest BCUT2D eigenvalue weighted by atomic mass is 79.9. The maximum Gasteiger partial charge on any atom is 0.202 e. The number of furan rings is 1. The quantitative estimate of drug-likeness (QED) is 0.609. The fraction of sp³-hybridized carbons (Fsp3) is 0.167. The summed E-state index contributed by atoms with van der Waals surface area (Å²) in [4.78, 5) is 12.4. The molecule has 1 aromatic heterocycles. The summed E-state index contributed by atoms with van der Waals surface area (Å²) in [5.74, 6) is 0.416. The van der Waals surface area contributed by atoms with Gasteiger partial charge in [0.15, 0.2) is 5.76 Å². The molecule has 3 heteroatoms. The first-order valence-corrected chi connectivity index (χ1v) is 7.60. The summed E-state index contributed by atoms with van der Waals surface area (Å²) < 4.78 is 6.56. The number of halogens is 1. The Labute approximate surface area is 131 Å². The molecule has 0 atom stereocenters. The Kier molecular flexibility index (Phi) is 3.68. The summed E-state index contributed by atoms with van der Waals surface area (Å²) in [5.41, 5.74) is 4.09. The van der Waals surface area contributed by atoms with Crippen molar-refractivity contribution in [2.24, 2.45) is 0 Å². The number of carbonyl (C=O) groups is 1. The standard InChI is InChI=1S/C18H15BrO2/c1-11-6-12(2)8-13(7-11)9-16(20)17-10-14-4-3-5-15(19)18(14)21-17/h3-8,10H,9H2,1-2H3. The van der Waals surface area contributed by atoms with E-state index in [4.69, 9.17) is 4.42 Å². The molecule has 1 heterocycles. The van der Waals surface area contributed by atoms with Crippen LogP contribution in [0.5, 0.6) is 0 Å². The largest absolute Gasteiger partial charge is 0.452 e. The van der Waals surface area contributed by atoms with Crippen molar-refractivity contribution in [2.45, 2.75) is 20.3 Å². The first-order chi connectivity index (χ1) is 10.0. The first-order valence-electron chi connectivity index (χ1n) is 6.81.